The van der Waals surface area contributed by atoms with Crippen molar-refractivity contribution in [3.63, 3.8) is 0 Å². The Morgan fingerprint density at radius 2 is 2.26 bits per heavy atom. The second-order valence-electron chi connectivity index (χ2n) is 4.96. The van der Waals surface area contributed by atoms with Crippen molar-refractivity contribution in [3.8, 4) is 0 Å². The van der Waals surface area contributed by atoms with Crippen molar-refractivity contribution < 1.29 is 9.53 Å². The van der Waals surface area contributed by atoms with E-state index in [9.17, 15) is 4.79 Å². The molecule has 1 atom stereocenters. The van der Waals surface area contributed by atoms with Gasteiger partial charge in [-0.2, -0.15) is 0 Å². The van der Waals surface area contributed by atoms with Crippen molar-refractivity contribution in [1.82, 2.24) is 10.2 Å². The third-order valence-corrected chi connectivity index (χ3v) is 4.19. The molecule has 19 heavy (non-hydrogen) atoms. The van der Waals surface area contributed by atoms with Crippen molar-refractivity contribution in [1.29, 1.82) is 0 Å². The first-order valence-electron chi connectivity index (χ1n) is 6.37. The molecule has 1 N–H and O–H groups in total. The summed E-state index contributed by atoms with van der Waals surface area (Å²) < 4.78 is 6.75. The maximum atomic E-state index is 11.9. The quantitative estimate of drug-likeness (QED) is 0.920. The minimum Gasteiger partial charge on any atom is -0.363 e. The van der Waals surface area contributed by atoms with Crippen molar-refractivity contribution in [2.75, 3.05) is 26.7 Å². The number of nitrogens with one attached hydrogen (secondary N) is 1. The lowest BCUT2D eigenvalue weighted by Crippen LogP contribution is -2.57. The van der Waals surface area contributed by atoms with Gasteiger partial charge in [-0.3, -0.25) is 9.69 Å². The van der Waals surface area contributed by atoms with Gasteiger partial charge in [0.15, 0.2) is 5.60 Å². The Kier molecular flexibility index (Phi) is 4.60. The third kappa shape index (κ3) is 3.35. The highest BCUT2D eigenvalue weighted by atomic mass is 79.9. The number of hydrogen-bond donors (Lipinski definition) is 1. The lowest BCUT2D eigenvalue weighted by molar-refractivity contribution is -0.156. The number of likely N-dealkylation sites (N-methyl/N-ethyl adjacent to an activating group) is 1. The number of carbonyl (C=O) groups is 1. The molecule has 1 unspecified atom stereocenters. The number of nitrogens with zero attached hydrogens (tertiary/aromatic N) is 1. The van der Waals surface area contributed by atoms with E-state index in [-0.39, 0.29) is 5.91 Å². The van der Waals surface area contributed by atoms with Crippen molar-refractivity contribution in [2.45, 2.75) is 19.1 Å². The van der Waals surface area contributed by atoms with E-state index in [1.165, 1.54) is 5.56 Å². The Labute approximate surface area is 122 Å². The topological polar surface area (TPSA) is 41.6 Å². The Hall–Kier alpha value is -0.910. The van der Waals surface area contributed by atoms with Crippen LogP contribution in [-0.4, -0.2) is 43.2 Å². The van der Waals surface area contributed by atoms with Gasteiger partial charge in [0.1, 0.15) is 0 Å². The molecule has 1 saturated heterocycles. The second kappa shape index (κ2) is 6.03. The van der Waals surface area contributed by atoms with Gasteiger partial charge in [-0.1, -0.05) is 34.1 Å². The molecule has 0 aliphatic carbocycles. The Balaban J connectivity index is 2.06. The molecule has 1 aromatic carbocycles. The van der Waals surface area contributed by atoms with E-state index in [2.05, 4.69) is 32.2 Å². The van der Waals surface area contributed by atoms with Crippen LogP contribution in [0.15, 0.2) is 28.7 Å². The summed E-state index contributed by atoms with van der Waals surface area (Å²) in [6.45, 7) is 4.69. The monoisotopic (exact) mass is 326 g/mol. The molecule has 1 aromatic rings. The van der Waals surface area contributed by atoms with Crippen LogP contribution in [0, 0.1) is 0 Å². The fraction of sp³-hybridized carbons (Fsp3) is 0.500. The van der Waals surface area contributed by atoms with Crippen LogP contribution in [0.3, 0.4) is 0 Å². The summed E-state index contributed by atoms with van der Waals surface area (Å²) in [5.41, 5.74) is 0.470. The van der Waals surface area contributed by atoms with Crippen LogP contribution in [0.2, 0.25) is 0 Å². The summed E-state index contributed by atoms with van der Waals surface area (Å²) in [6.07, 6.45) is 0. The zero-order valence-corrected chi connectivity index (χ0v) is 12.9. The molecular weight excluding hydrogens is 308 g/mol. The van der Waals surface area contributed by atoms with E-state index < -0.39 is 5.60 Å². The van der Waals surface area contributed by atoms with Gasteiger partial charge in [0.2, 0.25) is 0 Å². The van der Waals surface area contributed by atoms with Gasteiger partial charge in [0, 0.05) is 31.2 Å². The standard InChI is InChI=1S/C14H19BrN2O2/c1-14(13(18)16-2)10-17(7-8-19-14)9-11-5-3-4-6-12(11)15/h3-6H,7-10H2,1-2H3,(H,16,18). The van der Waals surface area contributed by atoms with Crippen LogP contribution in [0.4, 0.5) is 0 Å². The largest absolute Gasteiger partial charge is 0.363 e. The summed E-state index contributed by atoms with van der Waals surface area (Å²) in [6, 6.07) is 8.16. The number of amides is 1. The van der Waals surface area contributed by atoms with Gasteiger partial charge in [0.25, 0.3) is 5.91 Å². The molecule has 0 saturated carbocycles. The smallest absolute Gasteiger partial charge is 0.253 e. The van der Waals surface area contributed by atoms with Gasteiger partial charge in [-0.05, 0) is 18.6 Å². The van der Waals surface area contributed by atoms with Crippen molar-refractivity contribution >= 4 is 21.8 Å². The van der Waals surface area contributed by atoms with Crippen LogP contribution in [0.5, 0.6) is 0 Å². The molecule has 0 aromatic heterocycles. The van der Waals surface area contributed by atoms with E-state index >= 15 is 0 Å². The van der Waals surface area contributed by atoms with Crippen LogP contribution >= 0.6 is 15.9 Å². The summed E-state index contributed by atoms with van der Waals surface area (Å²) in [5, 5.41) is 2.67. The Morgan fingerprint density at radius 1 is 1.53 bits per heavy atom. The number of rotatable bonds is 3. The fourth-order valence-corrected chi connectivity index (χ4v) is 2.77. The van der Waals surface area contributed by atoms with Gasteiger partial charge in [0.05, 0.1) is 6.61 Å². The molecule has 1 aliphatic rings. The molecule has 1 fully saturated rings. The lowest BCUT2D eigenvalue weighted by atomic mass is 10.0. The van der Waals surface area contributed by atoms with E-state index in [4.69, 9.17) is 4.74 Å². The first-order valence-corrected chi connectivity index (χ1v) is 7.16. The van der Waals surface area contributed by atoms with E-state index in [0.29, 0.717) is 13.2 Å². The number of ether oxygens (including phenoxy) is 1. The predicted molar refractivity (Wildman–Crippen MR) is 77.8 cm³/mol. The summed E-state index contributed by atoms with van der Waals surface area (Å²) in [7, 11) is 1.64. The summed E-state index contributed by atoms with van der Waals surface area (Å²) >= 11 is 3.56. The van der Waals surface area contributed by atoms with E-state index in [0.717, 1.165) is 17.6 Å². The fourth-order valence-electron chi connectivity index (χ4n) is 2.36. The van der Waals surface area contributed by atoms with Gasteiger partial charge in [-0.15, -0.1) is 0 Å². The van der Waals surface area contributed by atoms with E-state index in [1.54, 1.807) is 7.05 Å². The highest BCUT2D eigenvalue weighted by molar-refractivity contribution is 9.10. The number of carbonyl (C=O) groups excluding carboxylic acids is 1. The zero-order valence-electron chi connectivity index (χ0n) is 11.3. The third-order valence-electron chi connectivity index (χ3n) is 3.41. The molecule has 104 valence electrons. The van der Waals surface area contributed by atoms with Gasteiger partial charge >= 0.3 is 0 Å². The summed E-state index contributed by atoms with van der Waals surface area (Å²) in [4.78, 5) is 14.1. The second-order valence-corrected chi connectivity index (χ2v) is 5.81. The average Bonchev–Trinajstić information content (AvgIpc) is 2.40. The van der Waals surface area contributed by atoms with Crippen molar-refractivity contribution in [2.24, 2.45) is 0 Å². The van der Waals surface area contributed by atoms with Gasteiger partial charge < -0.3 is 10.1 Å². The van der Waals surface area contributed by atoms with Crippen LogP contribution in [-0.2, 0) is 16.1 Å². The molecule has 1 aliphatic heterocycles. The minimum atomic E-state index is -0.756. The predicted octanol–water partition coefficient (Wildman–Crippen LogP) is 1.79. The molecule has 1 amide bonds. The number of benzene rings is 1. The molecule has 4 nitrogen and oxygen atoms in total. The average molecular weight is 327 g/mol. The summed E-state index contributed by atoms with van der Waals surface area (Å²) in [5.74, 6) is -0.0654. The maximum absolute atomic E-state index is 11.9. The number of hydrogen-bond acceptors (Lipinski definition) is 3. The Morgan fingerprint density at radius 3 is 2.95 bits per heavy atom. The first-order chi connectivity index (χ1) is 9.05. The zero-order chi connectivity index (χ0) is 13.9. The van der Waals surface area contributed by atoms with Gasteiger partial charge in [-0.25, -0.2) is 0 Å². The number of halogens is 1. The maximum Gasteiger partial charge on any atom is 0.253 e. The highest BCUT2D eigenvalue weighted by Crippen LogP contribution is 2.22. The SMILES string of the molecule is CNC(=O)C1(C)CN(Cc2ccccc2Br)CCO1. The minimum absolute atomic E-state index is 0.0654. The molecule has 0 radical (unpaired) electrons. The lowest BCUT2D eigenvalue weighted by Gasteiger charge is -2.39. The number of morpholine rings is 1. The Bertz CT molecular complexity index is 467. The van der Waals surface area contributed by atoms with E-state index in [1.807, 2.05) is 25.1 Å². The van der Waals surface area contributed by atoms with Crippen LogP contribution in [0.1, 0.15) is 12.5 Å². The molecule has 0 bridgehead atoms. The molecule has 5 heteroatoms. The normalized spacial score (nSPS) is 24.2. The molecular formula is C14H19BrN2O2. The van der Waals surface area contributed by atoms with Crippen molar-refractivity contribution in [3.05, 3.63) is 34.3 Å². The molecule has 2 rings (SSSR count). The van der Waals surface area contributed by atoms with Crippen LogP contribution in [0.25, 0.3) is 0 Å². The van der Waals surface area contributed by atoms with Crippen LogP contribution < -0.4 is 5.32 Å². The first kappa shape index (κ1) is 14.5. The highest BCUT2D eigenvalue weighted by Gasteiger charge is 2.38. The molecule has 1 heterocycles. The molecule has 0 spiro atoms.